The minimum absolute atomic E-state index is 0.259. The summed E-state index contributed by atoms with van der Waals surface area (Å²) in [6.45, 7) is 19.0. The third-order valence-corrected chi connectivity index (χ3v) is 9.15. The van der Waals surface area contributed by atoms with E-state index >= 15 is 0 Å². The van der Waals surface area contributed by atoms with Crippen molar-refractivity contribution < 1.29 is 9.16 Å². The second-order valence-electron chi connectivity index (χ2n) is 7.21. The summed E-state index contributed by atoms with van der Waals surface area (Å²) < 4.78 is 12.0. The third kappa shape index (κ3) is 4.49. The van der Waals surface area contributed by atoms with Crippen LogP contribution < -0.4 is 0 Å². The van der Waals surface area contributed by atoms with E-state index in [2.05, 4.69) is 46.5 Å². The van der Waals surface area contributed by atoms with E-state index in [1.165, 1.54) is 12.0 Å². The Kier molecular flexibility index (Phi) is 6.08. The monoisotopic (exact) mass is 296 g/mol. The minimum Gasteiger partial charge on any atom is -0.498 e. The first-order valence-corrected chi connectivity index (χ1v) is 10.7. The Balaban J connectivity index is 2.69. The standard InChI is InChI=1S/C17H32O2Si/c1-8-18-14(2)16-12-10-9-11-15(16)13-19-20(6,7)17(3,4)5/h11,16H,2,8-10,12-13H2,1,3-7H3. The highest BCUT2D eigenvalue weighted by molar-refractivity contribution is 6.74. The predicted molar refractivity (Wildman–Crippen MR) is 89.3 cm³/mol. The molecule has 0 heterocycles. The van der Waals surface area contributed by atoms with E-state index in [9.17, 15) is 0 Å². The molecular formula is C17H32O2Si. The summed E-state index contributed by atoms with van der Waals surface area (Å²) in [6.07, 6.45) is 5.86. The highest BCUT2D eigenvalue weighted by Crippen LogP contribution is 2.38. The fraction of sp³-hybridized carbons (Fsp3) is 0.765. The lowest BCUT2D eigenvalue weighted by atomic mass is 9.87. The van der Waals surface area contributed by atoms with Gasteiger partial charge in [0.05, 0.1) is 19.0 Å². The van der Waals surface area contributed by atoms with Gasteiger partial charge in [0.15, 0.2) is 8.32 Å². The highest BCUT2D eigenvalue weighted by Gasteiger charge is 2.37. The lowest BCUT2D eigenvalue weighted by molar-refractivity contribution is 0.188. The Bertz CT molecular complexity index is 364. The van der Waals surface area contributed by atoms with Crippen LogP contribution in [0.15, 0.2) is 24.0 Å². The average Bonchev–Trinajstić information content (AvgIpc) is 2.35. The molecule has 2 nitrogen and oxygen atoms in total. The summed E-state index contributed by atoms with van der Waals surface area (Å²) in [5.41, 5.74) is 1.37. The normalized spacial score (nSPS) is 20.5. The summed E-state index contributed by atoms with van der Waals surface area (Å²) in [7, 11) is -1.68. The first-order valence-electron chi connectivity index (χ1n) is 7.83. The molecule has 1 aliphatic carbocycles. The predicted octanol–water partition coefficient (Wildman–Crippen LogP) is 5.28. The number of ether oxygens (including phenoxy) is 1. The quantitative estimate of drug-likeness (QED) is 0.377. The molecule has 0 aliphatic heterocycles. The van der Waals surface area contributed by atoms with E-state index in [4.69, 9.17) is 9.16 Å². The van der Waals surface area contributed by atoms with Gasteiger partial charge < -0.3 is 9.16 Å². The van der Waals surface area contributed by atoms with Crippen LogP contribution in [0.4, 0.5) is 0 Å². The zero-order valence-electron chi connectivity index (χ0n) is 14.2. The Labute approximate surface area is 126 Å². The summed E-state index contributed by atoms with van der Waals surface area (Å²) in [5, 5.41) is 0.259. The van der Waals surface area contributed by atoms with Crippen LogP contribution in [-0.2, 0) is 9.16 Å². The van der Waals surface area contributed by atoms with Crippen molar-refractivity contribution in [1.29, 1.82) is 0 Å². The molecule has 0 saturated heterocycles. The maximum atomic E-state index is 6.37. The summed E-state index contributed by atoms with van der Waals surface area (Å²) in [5.74, 6) is 1.27. The van der Waals surface area contributed by atoms with E-state index in [-0.39, 0.29) is 5.04 Å². The number of rotatable bonds is 6. The van der Waals surface area contributed by atoms with E-state index in [1.807, 2.05) is 6.92 Å². The molecule has 0 bridgehead atoms. The van der Waals surface area contributed by atoms with Gasteiger partial charge in [-0.25, -0.2) is 0 Å². The largest absolute Gasteiger partial charge is 0.498 e. The average molecular weight is 297 g/mol. The number of allylic oxidation sites excluding steroid dienone is 2. The van der Waals surface area contributed by atoms with Gasteiger partial charge in [-0.05, 0) is 49.9 Å². The molecule has 1 atom stereocenters. The molecule has 1 aliphatic rings. The van der Waals surface area contributed by atoms with E-state index < -0.39 is 8.32 Å². The van der Waals surface area contributed by atoms with Gasteiger partial charge in [0.25, 0.3) is 0 Å². The van der Waals surface area contributed by atoms with Crippen LogP contribution in [-0.4, -0.2) is 21.5 Å². The van der Waals surface area contributed by atoms with Crippen molar-refractivity contribution in [3.05, 3.63) is 24.0 Å². The highest BCUT2D eigenvalue weighted by atomic mass is 28.4. The molecule has 0 amide bonds. The van der Waals surface area contributed by atoms with Gasteiger partial charge in [0.1, 0.15) is 0 Å². The fourth-order valence-corrected chi connectivity index (χ4v) is 3.19. The topological polar surface area (TPSA) is 18.5 Å². The molecule has 0 radical (unpaired) electrons. The molecule has 3 heteroatoms. The molecule has 0 fully saturated rings. The van der Waals surface area contributed by atoms with Crippen LogP contribution in [0.25, 0.3) is 0 Å². The van der Waals surface area contributed by atoms with Crippen molar-refractivity contribution in [3.63, 3.8) is 0 Å². The molecule has 0 aromatic rings. The van der Waals surface area contributed by atoms with Crippen molar-refractivity contribution in [3.8, 4) is 0 Å². The van der Waals surface area contributed by atoms with Gasteiger partial charge in [-0.1, -0.05) is 33.4 Å². The van der Waals surface area contributed by atoms with Gasteiger partial charge in [-0.2, -0.15) is 0 Å². The third-order valence-electron chi connectivity index (χ3n) is 4.68. The van der Waals surface area contributed by atoms with E-state index in [0.717, 1.165) is 25.2 Å². The second kappa shape index (κ2) is 6.95. The van der Waals surface area contributed by atoms with Gasteiger partial charge in [0, 0.05) is 5.92 Å². The van der Waals surface area contributed by atoms with Crippen molar-refractivity contribution in [2.24, 2.45) is 5.92 Å². The fourth-order valence-electron chi connectivity index (χ4n) is 2.23. The lowest BCUT2D eigenvalue weighted by Gasteiger charge is -2.37. The Morgan fingerprint density at radius 3 is 2.60 bits per heavy atom. The minimum atomic E-state index is -1.68. The van der Waals surface area contributed by atoms with Gasteiger partial charge in [0.2, 0.25) is 0 Å². The smallest absolute Gasteiger partial charge is 0.192 e. The summed E-state index contributed by atoms with van der Waals surface area (Å²) >= 11 is 0. The van der Waals surface area contributed by atoms with Gasteiger partial charge >= 0.3 is 0 Å². The van der Waals surface area contributed by atoms with Crippen molar-refractivity contribution in [2.45, 2.75) is 65.1 Å². The molecule has 0 N–H and O–H groups in total. The number of hydrogen-bond donors (Lipinski definition) is 0. The van der Waals surface area contributed by atoms with Gasteiger partial charge in [-0.3, -0.25) is 0 Å². The SMILES string of the molecule is C=C(OCC)C1CCCC=C1CO[Si](C)(C)C(C)(C)C. The molecule has 116 valence electrons. The van der Waals surface area contributed by atoms with Crippen LogP contribution in [0.5, 0.6) is 0 Å². The van der Waals surface area contributed by atoms with Crippen molar-refractivity contribution in [1.82, 2.24) is 0 Å². The Morgan fingerprint density at radius 2 is 2.05 bits per heavy atom. The Morgan fingerprint density at radius 1 is 1.40 bits per heavy atom. The Hall–Kier alpha value is -0.543. The zero-order chi connectivity index (χ0) is 15.4. The van der Waals surface area contributed by atoms with Crippen LogP contribution >= 0.6 is 0 Å². The van der Waals surface area contributed by atoms with Crippen LogP contribution in [0.1, 0.15) is 47.0 Å². The second-order valence-corrected chi connectivity index (χ2v) is 12.0. The molecule has 0 aromatic carbocycles. The van der Waals surface area contributed by atoms with Crippen molar-refractivity contribution in [2.75, 3.05) is 13.2 Å². The zero-order valence-corrected chi connectivity index (χ0v) is 15.2. The molecule has 0 aromatic heterocycles. The molecule has 0 saturated carbocycles. The number of hydrogen-bond acceptors (Lipinski definition) is 2. The molecule has 1 rings (SSSR count). The van der Waals surface area contributed by atoms with Crippen LogP contribution in [0.3, 0.4) is 0 Å². The molecule has 20 heavy (non-hydrogen) atoms. The van der Waals surface area contributed by atoms with Crippen LogP contribution in [0, 0.1) is 5.92 Å². The van der Waals surface area contributed by atoms with Gasteiger partial charge in [-0.15, -0.1) is 0 Å². The maximum Gasteiger partial charge on any atom is 0.192 e. The van der Waals surface area contributed by atoms with E-state index in [1.54, 1.807) is 0 Å². The molecular weight excluding hydrogens is 264 g/mol. The molecule has 0 spiro atoms. The first kappa shape index (κ1) is 17.5. The summed E-state index contributed by atoms with van der Waals surface area (Å²) in [4.78, 5) is 0. The maximum absolute atomic E-state index is 6.37. The molecule has 1 unspecified atom stereocenters. The lowest BCUT2D eigenvalue weighted by Crippen LogP contribution is -2.41. The van der Waals surface area contributed by atoms with Crippen molar-refractivity contribution >= 4 is 8.32 Å². The first-order chi connectivity index (χ1) is 9.19. The van der Waals surface area contributed by atoms with Crippen LogP contribution in [0.2, 0.25) is 18.1 Å². The summed E-state index contributed by atoms with van der Waals surface area (Å²) in [6, 6.07) is 0. The van der Waals surface area contributed by atoms with E-state index in [0.29, 0.717) is 12.5 Å².